The summed E-state index contributed by atoms with van der Waals surface area (Å²) in [5.74, 6) is -1.20. The van der Waals surface area contributed by atoms with Crippen molar-refractivity contribution in [1.82, 2.24) is 10.1 Å². The largest absolute Gasteiger partial charge is 0.511 e. The number of halogens is 1. The van der Waals surface area contributed by atoms with E-state index in [2.05, 4.69) is 17.0 Å². The molecule has 1 aromatic heterocycles. The molecule has 4 unspecified atom stereocenters. The molecular formula is C39H37ClN2O6. The first-order valence-corrected chi connectivity index (χ1v) is 17.2. The van der Waals surface area contributed by atoms with Crippen LogP contribution in [0.4, 0.5) is 0 Å². The number of allylic oxidation sites excluding steroid dienone is 2. The summed E-state index contributed by atoms with van der Waals surface area (Å²) in [6.45, 7) is 4.56. The van der Waals surface area contributed by atoms with E-state index in [9.17, 15) is 14.7 Å². The maximum absolute atomic E-state index is 14.6. The zero-order valence-corrected chi connectivity index (χ0v) is 27.5. The molecular weight excluding hydrogens is 628 g/mol. The summed E-state index contributed by atoms with van der Waals surface area (Å²) in [6, 6.07) is 21.5. The van der Waals surface area contributed by atoms with E-state index < -0.39 is 5.92 Å². The van der Waals surface area contributed by atoms with Gasteiger partial charge in [0.2, 0.25) is 0 Å². The van der Waals surface area contributed by atoms with Crippen molar-refractivity contribution in [3.63, 3.8) is 0 Å². The highest BCUT2D eigenvalue weighted by Crippen LogP contribution is 2.52. The van der Waals surface area contributed by atoms with Crippen molar-refractivity contribution in [1.29, 1.82) is 0 Å². The number of Topliss-reactive ketones (excluding diaryl/α,β-unsaturated/α-hetero) is 2. The number of hydrogen-bond donors (Lipinski definition) is 1. The van der Waals surface area contributed by atoms with Gasteiger partial charge in [0.15, 0.2) is 17.3 Å². The van der Waals surface area contributed by atoms with Crippen molar-refractivity contribution in [2.24, 2.45) is 17.8 Å². The summed E-state index contributed by atoms with van der Waals surface area (Å²) in [5, 5.41) is 16.6. The minimum Gasteiger partial charge on any atom is -0.511 e. The number of ketones is 2. The van der Waals surface area contributed by atoms with E-state index in [1.807, 2.05) is 66.7 Å². The predicted octanol–water partition coefficient (Wildman–Crippen LogP) is 7.89. The molecule has 1 aliphatic heterocycles. The van der Waals surface area contributed by atoms with Crippen molar-refractivity contribution in [3.8, 4) is 11.6 Å². The fourth-order valence-electron chi connectivity index (χ4n) is 8.33. The minimum atomic E-state index is -0.882. The second kappa shape index (κ2) is 12.6. The average molecular weight is 665 g/mol. The zero-order valence-electron chi connectivity index (χ0n) is 26.8. The number of benzene rings is 3. The van der Waals surface area contributed by atoms with Gasteiger partial charge in [0.25, 0.3) is 5.88 Å². The Morgan fingerprint density at radius 3 is 2.40 bits per heavy atom. The van der Waals surface area contributed by atoms with Gasteiger partial charge < -0.3 is 19.1 Å². The van der Waals surface area contributed by atoms with Gasteiger partial charge in [0, 0.05) is 23.1 Å². The van der Waals surface area contributed by atoms with Crippen molar-refractivity contribution in [2.75, 3.05) is 13.1 Å². The van der Waals surface area contributed by atoms with Crippen molar-refractivity contribution in [3.05, 3.63) is 122 Å². The van der Waals surface area contributed by atoms with E-state index in [-0.39, 0.29) is 65.4 Å². The fraction of sp³-hybridized carbons (Fsp3) is 0.359. The SMILES string of the molecule is CCN1CCCC1c1cc(OCc2ccccc2)c2c(c1Cl)CC1CC3Cc4onc(OCc5ccccc5)c4C(=O)C3C(O)=C1C2=O. The number of carbonyl (C=O) groups is 2. The van der Waals surface area contributed by atoms with Crippen LogP contribution in [0.1, 0.15) is 81.0 Å². The molecule has 0 bridgehead atoms. The molecule has 0 spiro atoms. The molecule has 0 amide bonds. The monoisotopic (exact) mass is 664 g/mol. The van der Waals surface area contributed by atoms with Gasteiger partial charge in [-0.1, -0.05) is 79.2 Å². The Bertz CT molecular complexity index is 1920. The molecule has 4 aliphatic rings. The summed E-state index contributed by atoms with van der Waals surface area (Å²) in [6.07, 6.45) is 3.48. The Labute approximate surface area is 284 Å². The van der Waals surface area contributed by atoms with E-state index in [4.69, 9.17) is 25.6 Å². The highest BCUT2D eigenvalue weighted by molar-refractivity contribution is 6.33. The molecule has 1 fully saturated rings. The maximum atomic E-state index is 14.6. The number of ether oxygens (including phenoxy) is 2. The van der Waals surface area contributed by atoms with Gasteiger partial charge in [-0.05, 0) is 84.1 Å². The summed E-state index contributed by atoms with van der Waals surface area (Å²) >= 11 is 7.25. The van der Waals surface area contributed by atoms with Gasteiger partial charge in [0.1, 0.15) is 30.3 Å². The van der Waals surface area contributed by atoms with Gasteiger partial charge in [-0.15, -0.1) is 0 Å². The van der Waals surface area contributed by atoms with Crippen LogP contribution in [0, 0.1) is 17.8 Å². The van der Waals surface area contributed by atoms with Crippen molar-refractivity contribution < 1.29 is 28.7 Å². The fourth-order valence-corrected chi connectivity index (χ4v) is 8.68. The highest BCUT2D eigenvalue weighted by atomic mass is 35.5. The predicted molar refractivity (Wildman–Crippen MR) is 180 cm³/mol. The van der Waals surface area contributed by atoms with Crippen LogP contribution in [0.5, 0.6) is 11.6 Å². The lowest BCUT2D eigenvalue weighted by Crippen LogP contribution is -2.42. The summed E-state index contributed by atoms with van der Waals surface area (Å²) in [4.78, 5) is 31.1. The maximum Gasteiger partial charge on any atom is 0.265 e. The molecule has 3 aromatic carbocycles. The first-order valence-electron chi connectivity index (χ1n) is 16.9. The van der Waals surface area contributed by atoms with Crippen LogP contribution in [0.3, 0.4) is 0 Å². The number of likely N-dealkylation sites (tertiary alicyclic amines) is 1. The molecule has 8 nitrogen and oxygen atoms in total. The van der Waals surface area contributed by atoms with E-state index in [0.717, 1.165) is 48.2 Å². The second-order valence-electron chi connectivity index (χ2n) is 13.3. The highest BCUT2D eigenvalue weighted by Gasteiger charge is 2.51. The molecule has 0 radical (unpaired) electrons. The molecule has 4 atom stereocenters. The number of carbonyl (C=O) groups excluding carboxylic acids is 2. The third-order valence-corrected chi connectivity index (χ3v) is 11.1. The normalized spacial score (nSPS) is 23.4. The number of aromatic nitrogens is 1. The Morgan fingerprint density at radius 2 is 1.69 bits per heavy atom. The topological polar surface area (TPSA) is 102 Å². The third kappa shape index (κ3) is 5.22. The van der Waals surface area contributed by atoms with E-state index in [1.54, 1.807) is 0 Å². The number of nitrogens with zero attached hydrogens (tertiary/aromatic N) is 2. The molecule has 9 heteroatoms. The van der Waals surface area contributed by atoms with Crippen LogP contribution in [0.25, 0.3) is 0 Å². The number of rotatable bonds is 8. The average Bonchev–Trinajstić information content (AvgIpc) is 3.75. The Kier molecular flexibility index (Phi) is 8.09. The Balaban J connectivity index is 1.16. The second-order valence-corrected chi connectivity index (χ2v) is 13.7. The van der Waals surface area contributed by atoms with E-state index in [0.29, 0.717) is 41.4 Å². The summed E-state index contributed by atoms with van der Waals surface area (Å²) in [7, 11) is 0. The molecule has 1 N–H and O–H groups in total. The van der Waals surface area contributed by atoms with Crippen LogP contribution < -0.4 is 9.47 Å². The number of hydrogen-bond acceptors (Lipinski definition) is 8. The summed E-state index contributed by atoms with van der Waals surface area (Å²) in [5.41, 5.74) is 4.58. The number of aliphatic hydroxyl groups is 1. The lowest BCUT2D eigenvalue weighted by molar-refractivity contribution is 0.0763. The lowest BCUT2D eigenvalue weighted by Gasteiger charge is -2.40. The van der Waals surface area contributed by atoms with Gasteiger partial charge in [-0.2, -0.15) is 0 Å². The van der Waals surface area contributed by atoms with E-state index in [1.165, 1.54) is 0 Å². The smallest absolute Gasteiger partial charge is 0.265 e. The molecule has 0 saturated carbocycles. The molecule has 3 aliphatic carbocycles. The van der Waals surface area contributed by atoms with Crippen LogP contribution in [0.2, 0.25) is 5.02 Å². The van der Waals surface area contributed by atoms with Gasteiger partial charge in [-0.25, -0.2) is 0 Å². The van der Waals surface area contributed by atoms with Gasteiger partial charge >= 0.3 is 0 Å². The summed E-state index contributed by atoms with van der Waals surface area (Å²) < 4.78 is 18.0. The van der Waals surface area contributed by atoms with Crippen LogP contribution in [0.15, 0.2) is 82.6 Å². The number of fused-ring (bicyclic) bond motifs is 4. The van der Waals surface area contributed by atoms with Gasteiger partial charge in [0.05, 0.1) is 11.5 Å². The Hall–Kier alpha value is -4.40. The standard InChI is InChI=1S/C39H37ClN2O6/c1-2-42-15-9-14-28(42)26-19-29(46-20-22-10-5-3-6-11-22)33-27(35(26)40)17-24-16-25-18-30-34(38(45)32(25)36(43)31(24)37(33)44)39(41-48-30)47-21-23-12-7-4-8-13-23/h3-8,10-13,19,24-25,28,32,43H,2,9,14-18,20-21H2,1H3. The molecule has 2 heterocycles. The van der Waals surface area contributed by atoms with Crippen LogP contribution in [-0.4, -0.2) is 39.8 Å². The molecule has 48 heavy (non-hydrogen) atoms. The Morgan fingerprint density at radius 1 is 0.979 bits per heavy atom. The van der Waals surface area contributed by atoms with Crippen molar-refractivity contribution >= 4 is 23.2 Å². The number of aliphatic hydroxyl groups excluding tert-OH is 1. The van der Waals surface area contributed by atoms with E-state index >= 15 is 0 Å². The van der Waals surface area contributed by atoms with Crippen LogP contribution in [-0.2, 0) is 26.1 Å². The first-order chi connectivity index (χ1) is 23.4. The quantitative estimate of drug-likeness (QED) is 0.203. The molecule has 4 aromatic rings. The minimum absolute atomic E-state index is 0.112. The first kappa shape index (κ1) is 30.9. The molecule has 1 saturated heterocycles. The van der Waals surface area contributed by atoms with Crippen molar-refractivity contribution in [2.45, 2.75) is 58.3 Å². The molecule has 8 rings (SSSR count). The van der Waals surface area contributed by atoms with Crippen LogP contribution >= 0.6 is 11.6 Å². The zero-order chi connectivity index (χ0) is 32.9. The molecule has 246 valence electrons. The lowest BCUT2D eigenvalue weighted by atomic mass is 9.62. The third-order valence-electron chi connectivity index (χ3n) is 10.6. The van der Waals surface area contributed by atoms with Gasteiger partial charge in [-0.3, -0.25) is 14.5 Å².